The van der Waals surface area contributed by atoms with Gasteiger partial charge in [-0.25, -0.2) is 0 Å². The third-order valence-electron chi connectivity index (χ3n) is 29.9. The molecule has 8 aromatic carbocycles. The Balaban J connectivity index is 0.000000159. The third-order valence-corrected chi connectivity index (χ3v) is 32.0. The van der Waals surface area contributed by atoms with Gasteiger partial charge in [-0.3, -0.25) is 0 Å². The summed E-state index contributed by atoms with van der Waals surface area (Å²) in [6.07, 6.45) is 14.9. The van der Waals surface area contributed by atoms with Gasteiger partial charge in [0.2, 0.25) is 0 Å². The van der Waals surface area contributed by atoms with Gasteiger partial charge in [-0.15, -0.1) is 22.7 Å². The Morgan fingerprint density at radius 2 is 0.853 bits per heavy atom. The molecule has 10 aromatic rings. The van der Waals surface area contributed by atoms with Crippen LogP contribution in [0.5, 0.6) is 0 Å². The van der Waals surface area contributed by atoms with E-state index in [0.717, 1.165) is 0 Å². The highest BCUT2D eigenvalue weighted by Gasteiger charge is 2.63. The minimum atomic E-state index is -0.0130. The van der Waals surface area contributed by atoms with Gasteiger partial charge >= 0.3 is 0 Å². The maximum atomic E-state index is 2.90. The molecule has 6 heterocycles. The molecule has 0 bridgehead atoms. The molecule has 2 fully saturated rings. The van der Waals surface area contributed by atoms with Crippen molar-refractivity contribution in [3.8, 4) is 0 Å². The predicted molar refractivity (Wildman–Crippen MR) is 478 cm³/mol. The molecule has 8 aliphatic rings. The second-order valence-corrected chi connectivity index (χ2v) is 45.2. The maximum Gasteiger partial charge on any atom is 0.264 e. The predicted octanol–water partition coefficient (Wildman–Crippen LogP) is 27.9. The number of fused-ring (bicyclic) bond motifs is 15. The van der Waals surface area contributed by atoms with Crippen LogP contribution in [0.2, 0.25) is 0 Å². The van der Waals surface area contributed by atoms with Crippen LogP contribution in [0.15, 0.2) is 139 Å². The minimum Gasteiger partial charge on any atom is -0.335 e. The van der Waals surface area contributed by atoms with E-state index in [1.165, 1.54) is 220 Å². The van der Waals surface area contributed by atoms with Crippen LogP contribution in [0.3, 0.4) is 0 Å². The van der Waals surface area contributed by atoms with Crippen molar-refractivity contribution in [1.82, 2.24) is 0 Å². The molecule has 109 heavy (non-hydrogen) atoms. The van der Waals surface area contributed by atoms with Crippen LogP contribution >= 0.6 is 22.7 Å². The highest BCUT2D eigenvalue weighted by Crippen LogP contribution is 2.65. The zero-order valence-electron chi connectivity index (χ0n) is 71.4. The molecule has 0 saturated heterocycles. The van der Waals surface area contributed by atoms with Crippen LogP contribution in [0.4, 0.5) is 56.9 Å². The largest absolute Gasteiger partial charge is 0.335 e. The van der Waals surface area contributed by atoms with Gasteiger partial charge in [0.15, 0.2) is 0 Å². The summed E-state index contributed by atoms with van der Waals surface area (Å²) < 4.78 is 4.34. The Kier molecular flexibility index (Phi) is 16.6. The minimum absolute atomic E-state index is 0.0130. The van der Waals surface area contributed by atoms with Crippen molar-refractivity contribution in [3.63, 3.8) is 0 Å². The fourth-order valence-electron chi connectivity index (χ4n) is 22.2. The molecule has 4 aliphatic heterocycles. The number of rotatable bonds is 5. The molecule has 568 valence electrons. The van der Waals surface area contributed by atoms with E-state index >= 15 is 0 Å². The third kappa shape index (κ3) is 11.2. The fourth-order valence-corrected chi connectivity index (χ4v) is 24.5. The first-order valence-corrected chi connectivity index (χ1v) is 43.7. The summed E-state index contributed by atoms with van der Waals surface area (Å²) in [5.74, 6) is 0. The Hall–Kier alpha value is -7.06. The summed E-state index contributed by atoms with van der Waals surface area (Å²) in [6.45, 7) is 63.1. The lowest BCUT2D eigenvalue weighted by molar-refractivity contribution is 0.195. The van der Waals surface area contributed by atoms with Gasteiger partial charge in [0.1, 0.15) is 0 Å². The highest BCUT2D eigenvalue weighted by molar-refractivity contribution is 7.33. The average Bonchev–Trinajstić information content (AvgIpc) is 1.51. The molecule has 0 spiro atoms. The molecule has 4 aliphatic carbocycles. The maximum absolute atomic E-state index is 2.90. The Morgan fingerprint density at radius 1 is 0.376 bits per heavy atom. The standard InChI is InChI=1S/C51H61BN2S.C51H64N2S/c1-30-24-39-42-40(25-30)54-44-37(50(12)20-14-15-21-51(50,54)13)26-32(47(5,6)7)27-38(44)52(42)45-43(53(39)33-18-16-31(17-19-33)46(2,3)4)34-28-35-36(29-41(34)55-45)49(10,11)23-22-48(35,8)9;1-33-26-37(29-38(27-33)53-43-21-18-35(47(5,6)7)28-42(43)50(12)22-14-15-23-51(50,53)13)52(36-19-16-34(17-20-36)46(2,3)4)44-32-54-45-31-41-40(30-39(44)45)48(8,9)24-25-49(41,10)11/h16-19,24-29H,14-15,20-23H2,1-13H3;16-21,26-32H,14-15,22-25H2,1-13H3. The lowest BCUT2D eigenvalue weighted by Gasteiger charge is -2.52. The first kappa shape index (κ1) is 74.7. The summed E-state index contributed by atoms with van der Waals surface area (Å²) in [7, 11) is 0. The second-order valence-electron chi connectivity index (χ2n) is 43.2. The van der Waals surface area contributed by atoms with Crippen LogP contribution in [-0.4, -0.2) is 17.8 Å². The molecular weight excluding hydrogens is 1360 g/mol. The van der Waals surface area contributed by atoms with Crippen molar-refractivity contribution < 1.29 is 0 Å². The van der Waals surface area contributed by atoms with Gasteiger partial charge in [0.25, 0.3) is 6.71 Å². The van der Waals surface area contributed by atoms with Gasteiger partial charge in [0.05, 0.1) is 22.5 Å². The summed E-state index contributed by atoms with van der Waals surface area (Å²) >= 11 is 3.99. The summed E-state index contributed by atoms with van der Waals surface area (Å²) in [5.41, 5.74) is 35.2. The monoisotopic (exact) mass is 1480 g/mol. The van der Waals surface area contributed by atoms with Crippen molar-refractivity contribution in [1.29, 1.82) is 0 Å². The number of aryl methyl sites for hydroxylation is 2. The van der Waals surface area contributed by atoms with E-state index in [4.69, 9.17) is 0 Å². The lowest BCUT2D eigenvalue weighted by Crippen LogP contribution is -2.64. The SMILES string of the molecule is Cc1cc(N(c2ccc(C(C)(C)C)cc2)c2csc3cc4c(cc23)C(C)(C)CCC4(C)C)cc(N2c3ccc(C(C)(C)C)cc3C3(C)CCCCC23C)c1.Cc1cc2c3c(c1)N1c4c(cc(C(C)(C)C)cc4C4(C)CCCCC14C)B3c1sc3cc4c(cc3c1N2c1ccc(C(C)(C)C)cc1)C(C)(C)CCC4(C)C. The van der Waals surface area contributed by atoms with Gasteiger partial charge in [-0.2, -0.15) is 0 Å². The van der Waals surface area contributed by atoms with Crippen LogP contribution in [0.1, 0.15) is 310 Å². The zero-order chi connectivity index (χ0) is 77.8. The molecule has 0 N–H and O–H groups in total. The topological polar surface area (TPSA) is 13.0 Å². The smallest absolute Gasteiger partial charge is 0.264 e. The van der Waals surface area contributed by atoms with Crippen LogP contribution in [0.25, 0.3) is 20.2 Å². The number of anilines is 10. The molecule has 2 saturated carbocycles. The number of benzene rings is 8. The van der Waals surface area contributed by atoms with Crippen LogP contribution in [-0.2, 0) is 54.1 Å². The quantitative estimate of drug-likeness (QED) is 0.159. The van der Waals surface area contributed by atoms with Crippen LogP contribution < -0.4 is 35.3 Å². The molecule has 0 amide bonds. The van der Waals surface area contributed by atoms with E-state index in [1.54, 1.807) is 16.7 Å². The van der Waals surface area contributed by atoms with E-state index in [0.29, 0.717) is 0 Å². The number of hydrogen-bond donors (Lipinski definition) is 0. The Bertz CT molecular complexity index is 5390. The Morgan fingerprint density at radius 3 is 1.42 bits per heavy atom. The zero-order valence-corrected chi connectivity index (χ0v) is 73.1. The average molecular weight is 1480 g/mol. The molecule has 2 aromatic heterocycles. The van der Waals surface area contributed by atoms with Crippen LogP contribution in [0, 0.1) is 13.8 Å². The van der Waals surface area contributed by atoms with Gasteiger partial charge in [0, 0.05) is 86.7 Å². The van der Waals surface area contributed by atoms with E-state index < -0.39 is 0 Å². The molecular formula is C102H125BN4S2. The van der Waals surface area contributed by atoms with E-state index in [-0.39, 0.29) is 71.9 Å². The van der Waals surface area contributed by atoms with Crippen molar-refractivity contribution >= 4 is 122 Å². The van der Waals surface area contributed by atoms with Crippen molar-refractivity contribution in [2.24, 2.45) is 0 Å². The molecule has 0 radical (unpaired) electrons. The lowest BCUT2D eigenvalue weighted by atomic mass is 9.36. The summed E-state index contributed by atoms with van der Waals surface area (Å²) in [6, 6.07) is 54.6. The van der Waals surface area contributed by atoms with Gasteiger partial charge < -0.3 is 19.6 Å². The van der Waals surface area contributed by atoms with Gasteiger partial charge in [-0.1, -0.05) is 227 Å². The fraction of sp³-hybridized carbons (Fsp3) is 0.490. The Labute approximate surface area is 665 Å². The van der Waals surface area contributed by atoms with E-state index in [9.17, 15) is 0 Å². The normalized spacial score (nSPS) is 23.8. The van der Waals surface area contributed by atoms with Crippen molar-refractivity contribution in [2.75, 3.05) is 19.6 Å². The van der Waals surface area contributed by atoms with E-state index in [2.05, 4.69) is 350 Å². The second kappa shape index (κ2) is 24.2. The number of nitrogens with zero attached hydrogens (tertiary/aromatic N) is 4. The molecule has 4 atom stereocenters. The summed E-state index contributed by atoms with van der Waals surface area (Å²) in [4.78, 5) is 10.9. The first-order chi connectivity index (χ1) is 50.8. The number of thiophene rings is 2. The number of hydrogen-bond acceptors (Lipinski definition) is 6. The summed E-state index contributed by atoms with van der Waals surface area (Å²) in [5, 5.41) is 5.21. The first-order valence-electron chi connectivity index (χ1n) is 42.0. The van der Waals surface area contributed by atoms with E-state index in [1.807, 2.05) is 11.3 Å². The molecule has 7 heteroatoms. The highest BCUT2D eigenvalue weighted by atomic mass is 32.1. The molecule has 4 unspecified atom stereocenters. The van der Waals surface area contributed by atoms with Crippen molar-refractivity contribution in [2.45, 2.75) is 322 Å². The molecule has 4 nitrogen and oxygen atoms in total. The molecule has 18 rings (SSSR count). The van der Waals surface area contributed by atoms with Gasteiger partial charge in [-0.05, 0) is 285 Å². The van der Waals surface area contributed by atoms with Crippen molar-refractivity contribution in [3.05, 3.63) is 206 Å².